The van der Waals surface area contributed by atoms with Crippen molar-refractivity contribution in [1.29, 1.82) is 0 Å². The molecule has 44 heavy (non-hydrogen) atoms. The van der Waals surface area contributed by atoms with Gasteiger partial charge in [0.1, 0.15) is 0 Å². The number of para-hydroxylation sites is 2. The number of benzene rings is 4. The highest BCUT2D eigenvalue weighted by molar-refractivity contribution is 6.53. The number of carbonyl (C=O) groups is 2. The molecule has 0 bridgehead atoms. The second-order valence-electron chi connectivity index (χ2n) is 10.8. The average Bonchev–Trinajstić information content (AvgIpc) is 3.41. The molecule has 7 nitrogen and oxygen atoms in total. The van der Waals surface area contributed by atoms with Crippen LogP contribution in [0.3, 0.4) is 0 Å². The maximum atomic E-state index is 13.1. The quantitative estimate of drug-likeness (QED) is 0.213. The van der Waals surface area contributed by atoms with Gasteiger partial charge in [-0.3, -0.25) is 9.78 Å². The number of hydrazone groups is 1. The molecule has 4 aromatic carbocycles. The summed E-state index contributed by atoms with van der Waals surface area (Å²) in [6, 6.07) is 37.6. The molecule has 2 aliphatic rings. The molecule has 0 radical (unpaired) electrons. The van der Waals surface area contributed by atoms with E-state index in [1.165, 1.54) is 16.9 Å². The first-order valence-corrected chi connectivity index (χ1v) is 14.5. The van der Waals surface area contributed by atoms with Crippen LogP contribution >= 0.6 is 0 Å². The molecule has 0 unspecified atom stereocenters. The number of aryl methyl sites for hydroxylation is 1. The van der Waals surface area contributed by atoms with E-state index >= 15 is 0 Å². The van der Waals surface area contributed by atoms with Crippen molar-refractivity contribution < 1.29 is 14.7 Å². The molecule has 2 aliphatic heterocycles. The number of rotatable bonds is 6. The number of hydrogen-bond donors (Lipinski definition) is 1. The number of carboxylic acid groups (broad SMARTS) is 1. The fraction of sp³-hybridized carbons (Fsp3) is 0.0811. The molecule has 0 saturated carbocycles. The molecule has 0 spiro atoms. The van der Waals surface area contributed by atoms with Crippen molar-refractivity contribution in [1.82, 2.24) is 4.98 Å². The maximum Gasteiger partial charge on any atom is 0.357 e. The highest BCUT2D eigenvalue weighted by Crippen LogP contribution is 2.36. The van der Waals surface area contributed by atoms with Gasteiger partial charge >= 0.3 is 5.97 Å². The van der Waals surface area contributed by atoms with E-state index in [1.807, 2.05) is 48.7 Å². The second-order valence-corrected chi connectivity index (χ2v) is 10.8. The Morgan fingerprint density at radius 2 is 1.45 bits per heavy atom. The zero-order valence-electron chi connectivity index (χ0n) is 23.8. The molecule has 5 aromatic rings. The number of fused-ring (bicyclic) bond motifs is 1. The van der Waals surface area contributed by atoms with Gasteiger partial charge in [0, 0.05) is 35.2 Å². The minimum absolute atomic E-state index is 0.0357. The zero-order valence-corrected chi connectivity index (χ0v) is 23.8. The van der Waals surface area contributed by atoms with E-state index < -0.39 is 11.9 Å². The number of nitrogens with zero attached hydrogens (tertiary/aromatic N) is 4. The number of amides is 1. The summed E-state index contributed by atoms with van der Waals surface area (Å²) in [4.78, 5) is 32.1. The van der Waals surface area contributed by atoms with E-state index in [9.17, 15) is 14.7 Å². The molecular formula is C37H28N4O3. The van der Waals surface area contributed by atoms with E-state index in [2.05, 4.69) is 58.5 Å². The van der Waals surface area contributed by atoms with Crippen LogP contribution in [0.4, 0.5) is 17.1 Å². The Labute approximate surface area is 255 Å². The summed E-state index contributed by atoms with van der Waals surface area (Å²) in [5.41, 5.74) is 8.71. The molecule has 1 amide bonds. The lowest BCUT2D eigenvalue weighted by atomic mass is 9.96. The van der Waals surface area contributed by atoms with Crippen LogP contribution in [0.1, 0.15) is 17.5 Å². The molecular weight excluding hydrogens is 548 g/mol. The van der Waals surface area contributed by atoms with E-state index in [4.69, 9.17) is 4.98 Å². The summed E-state index contributed by atoms with van der Waals surface area (Å²) in [5.74, 6) is -1.73. The first kappa shape index (κ1) is 27.0. The highest BCUT2D eigenvalue weighted by Gasteiger charge is 2.35. The Kier molecular flexibility index (Phi) is 7.04. The minimum atomic E-state index is -1.25. The number of carbonyl (C=O) groups excluding carboxylic acids is 1. The van der Waals surface area contributed by atoms with Gasteiger partial charge < -0.3 is 10.0 Å². The van der Waals surface area contributed by atoms with E-state index in [-0.39, 0.29) is 11.3 Å². The molecule has 3 heterocycles. The van der Waals surface area contributed by atoms with Gasteiger partial charge in [-0.05, 0) is 78.1 Å². The normalized spacial score (nSPS) is 15.3. The largest absolute Gasteiger partial charge is 0.476 e. The highest BCUT2D eigenvalue weighted by atomic mass is 16.4. The summed E-state index contributed by atoms with van der Waals surface area (Å²) < 4.78 is 0. The van der Waals surface area contributed by atoms with Gasteiger partial charge in [0.05, 0.1) is 17.0 Å². The Morgan fingerprint density at radius 1 is 0.773 bits per heavy atom. The van der Waals surface area contributed by atoms with Crippen molar-refractivity contribution >= 4 is 40.7 Å². The second kappa shape index (κ2) is 11.5. The standard InChI is InChI=1S/C37H28N4O3/c42-36-32(35(37(43)44)39-41(36)31-11-5-2-6-12-31)22-25-13-15-26(16-14-25)33-19-17-29(24-38-33)27-18-20-34-28(23-27)8-7-21-40(34)30-9-3-1-4-10-30/h1-6,9-20,22-24H,7-8,21H2,(H,43,44)/b32-22-. The van der Waals surface area contributed by atoms with Crippen LogP contribution in [0.5, 0.6) is 0 Å². The summed E-state index contributed by atoms with van der Waals surface area (Å²) in [5, 5.41) is 14.9. The van der Waals surface area contributed by atoms with Crippen molar-refractivity contribution in [2.45, 2.75) is 12.8 Å². The predicted octanol–water partition coefficient (Wildman–Crippen LogP) is 7.37. The van der Waals surface area contributed by atoms with Gasteiger partial charge in [-0.25, -0.2) is 4.79 Å². The molecule has 214 valence electrons. The zero-order chi connectivity index (χ0) is 30.0. The van der Waals surface area contributed by atoms with Gasteiger partial charge in [-0.15, -0.1) is 0 Å². The van der Waals surface area contributed by atoms with Crippen LogP contribution in [0.2, 0.25) is 0 Å². The maximum absolute atomic E-state index is 13.1. The smallest absolute Gasteiger partial charge is 0.357 e. The molecule has 7 rings (SSSR count). The monoisotopic (exact) mass is 576 g/mol. The summed E-state index contributed by atoms with van der Waals surface area (Å²) in [6.45, 7) is 1.01. The van der Waals surface area contributed by atoms with Crippen LogP contribution in [-0.2, 0) is 16.0 Å². The lowest BCUT2D eigenvalue weighted by Crippen LogP contribution is -2.24. The minimum Gasteiger partial charge on any atom is -0.476 e. The van der Waals surface area contributed by atoms with E-state index in [1.54, 1.807) is 30.3 Å². The van der Waals surface area contributed by atoms with E-state index in [0.29, 0.717) is 11.3 Å². The number of aromatic nitrogens is 1. The Morgan fingerprint density at radius 3 is 2.14 bits per heavy atom. The van der Waals surface area contributed by atoms with Gasteiger partial charge in [-0.1, -0.05) is 72.8 Å². The Hall–Kier alpha value is -5.82. The van der Waals surface area contributed by atoms with Crippen molar-refractivity contribution in [3.05, 3.63) is 138 Å². The SMILES string of the molecule is O=C(O)C1=NN(c2ccccc2)C(=O)/C1=C\c1ccc(-c2ccc(-c3ccc4c(c3)CCCN4c3ccccc3)cn2)cc1. The lowest BCUT2D eigenvalue weighted by Gasteiger charge is -2.31. The van der Waals surface area contributed by atoms with Crippen LogP contribution in [0.15, 0.2) is 132 Å². The van der Waals surface area contributed by atoms with Gasteiger partial charge in [0.25, 0.3) is 5.91 Å². The fourth-order valence-electron chi connectivity index (χ4n) is 5.75. The number of hydrogen-bond acceptors (Lipinski definition) is 5. The van der Waals surface area contributed by atoms with Crippen molar-refractivity contribution in [3.63, 3.8) is 0 Å². The molecule has 7 heteroatoms. The van der Waals surface area contributed by atoms with Gasteiger partial charge in [-0.2, -0.15) is 10.1 Å². The number of anilines is 3. The predicted molar refractivity (Wildman–Crippen MR) is 174 cm³/mol. The first-order chi connectivity index (χ1) is 21.5. The summed E-state index contributed by atoms with van der Waals surface area (Å²) >= 11 is 0. The number of carboxylic acids is 1. The molecule has 1 N–H and O–H groups in total. The lowest BCUT2D eigenvalue weighted by molar-refractivity contribution is -0.129. The molecule has 0 fully saturated rings. The van der Waals surface area contributed by atoms with Crippen LogP contribution in [-0.4, -0.2) is 34.2 Å². The molecule has 1 aromatic heterocycles. The third kappa shape index (κ3) is 5.16. The van der Waals surface area contributed by atoms with Crippen molar-refractivity contribution in [2.75, 3.05) is 16.5 Å². The fourth-order valence-corrected chi connectivity index (χ4v) is 5.75. The molecule has 0 atom stereocenters. The van der Waals surface area contributed by atoms with Crippen LogP contribution < -0.4 is 9.91 Å². The van der Waals surface area contributed by atoms with Crippen molar-refractivity contribution in [3.8, 4) is 22.4 Å². The van der Waals surface area contributed by atoms with E-state index in [0.717, 1.165) is 46.8 Å². The topological polar surface area (TPSA) is 86.1 Å². The van der Waals surface area contributed by atoms with Crippen LogP contribution in [0, 0.1) is 0 Å². The average molecular weight is 577 g/mol. The van der Waals surface area contributed by atoms with Gasteiger partial charge in [0.15, 0.2) is 5.71 Å². The molecule has 0 saturated heterocycles. The first-order valence-electron chi connectivity index (χ1n) is 14.5. The van der Waals surface area contributed by atoms with Gasteiger partial charge in [0.2, 0.25) is 0 Å². The third-order valence-electron chi connectivity index (χ3n) is 7.96. The number of aliphatic carboxylic acids is 1. The van der Waals surface area contributed by atoms with Crippen LogP contribution in [0.25, 0.3) is 28.5 Å². The summed E-state index contributed by atoms with van der Waals surface area (Å²) in [7, 11) is 0. The third-order valence-corrected chi connectivity index (χ3v) is 7.96. The Balaban J connectivity index is 1.10. The number of pyridine rings is 1. The Bertz CT molecular complexity index is 1920. The summed E-state index contributed by atoms with van der Waals surface area (Å²) in [6.07, 6.45) is 5.62. The van der Waals surface area contributed by atoms with Crippen molar-refractivity contribution in [2.24, 2.45) is 5.10 Å². The molecule has 0 aliphatic carbocycles.